The minimum Gasteiger partial charge on any atom is -0.489 e. The van der Waals surface area contributed by atoms with Crippen LogP contribution in [0.15, 0.2) is 54.6 Å². The molecule has 5 rings (SSSR count). The average Bonchev–Trinajstić information content (AvgIpc) is 3.24. The van der Waals surface area contributed by atoms with Gasteiger partial charge >= 0.3 is 5.97 Å². The number of hydrogen-bond acceptors (Lipinski definition) is 5. The van der Waals surface area contributed by atoms with Crippen molar-refractivity contribution < 1.29 is 14.6 Å². The highest BCUT2D eigenvalue weighted by molar-refractivity contribution is 5.79. The van der Waals surface area contributed by atoms with E-state index in [1.54, 1.807) is 0 Å². The molecule has 2 heterocycles. The van der Waals surface area contributed by atoms with Crippen LogP contribution >= 0.6 is 0 Å². The van der Waals surface area contributed by atoms with Crippen LogP contribution in [0.5, 0.6) is 5.75 Å². The van der Waals surface area contributed by atoms with Gasteiger partial charge in [-0.15, -0.1) is 0 Å². The molecule has 180 valence electrons. The molecule has 7 heteroatoms. The van der Waals surface area contributed by atoms with Crippen LogP contribution in [-0.2, 0) is 17.9 Å². The molecule has 4 aromatic rings. The highest BCUT2D eigenvalue weighted by Gasteiger charge is 2.24. The Labute approximate surface area is 204 Å². The summed E-state index contributed by atoms with van der Waals surface area (Å²) in [5.41, 5.74) is 8.06. The van der Waals surface area contributed by atoms with Crippen LogP contribution in [0.1, 0.15) is 52.6 Å². The molecular formula is C28H30N4O3. The molecule has 0 spiro atoms. The van der Waals surface area contributed by atoms with Crippen LogP contribution < -0.4 is 4.74 Å². The fourth-order valence-electron chi connectivity index (χ4n) is 5.13. The molecule has 1 aliphatic rings. The minimum atomic E-state index is -0.827. The number of H-pyrrole nitrogens is 1. The topological polar surface area (TPSA) is 91.3 Å². The second kappa shape index (κ2) is 9.50. The zero-order valence-corrected chi connectivity index (χ0v) is 20.3. The number of ether oxygens (including phenoxy) is 1. The maximum atomic E-state index is 11.9. The number of aryl methyl sites for hydroxylation is 2. The molecule has 2 atom stereocenters. The van der Waals surface area contributed by atoms with Crippen molar-refractivity contribution >= 4 is 17.0 Å². The number of aromatic nitrogens is 3. The van der Waals surface area contributed by atoms with Gasteiger partial charge in [0.2, 0.25) is 0 Å². The van der Waals surface area contributed by atoms with Gasteiger partial charge in [0.25, 0.3) is 0 Å². The fourth-order valence-corrected chi connectivity index (χ4v) is 5.13. The molecular weight excluding hydrogens is 440 g/mol. The number of fused-ring (bicyclic) bond motifs is 2. The summed E-state index contributed by atoms with van der Waals surface area (Å²) in [6, 6.07) is 18.4. The first-order valence-corrected chi connectivity index (χ1v) is 12.0. The fraction of sp³-hybridized carbons (Fsp3) is 0.321. The number of aliphatic carboxylic acids is 1. The third-order valence-electron chi connectivity index (χ3n) is 6.92. The largest absolute Gasteiger partial charge is 0.489 e. The smallest absolute Gasteiger partial charge is 0.304 e. The average molecular weight is 471 g/mol. The minimum absolute atomic E-state index is 0.00859. The Bertz CT molecular complexity index is 1380. The van der Waals surface area contributed by atoms with E-state index in [9.17, 15) is 9.90 Å². The molecule has 0 aliphatic carbocycles. The summed E-state index contributed by atoms with van der Waals surface area (Å²) in [5, 5.41) is 20.9. The summed E-state index contributed by atoms with van der Waals surface area (Å²) in [6.07, 6.45) is 0.0908. The van der Waals surface area contributed by atoms with E-state index in [4.69, 9.17) is 4.74 Å². The first-order chi connectivity index (χ1) is 16.9. The number of benzene rings is 3. The van der Waals surface area contributed by atoms with Gasteiger partial charge in [-0.05, 0) is 60.7 Å². The van der Waals surface area contributed by atoms with Crippen LogP contribution in [0.4, 0.5) is 0 Å². The molecule has 1 aliphatic heterocycles. The third kappa shape index (κ3) is 4.77. The lowest BCUT2D eigenvalue weighted by atomic mass is 9.84. The van der Waals surface area contributed by atoms with E-state index in [1.165, 1.54) is 16.7 Å². The van der Waals surface area contributed by atoms with E-state index in [0.29, 0.717) is 0 Å². The Hall–Kier alpha value is -3.71. The van der Waals surface area contributed by atoms with Crippen molar-refractivity contribution in [3.8, 4) is 5.75 Å². The molecule has 1 unspecified atom stereocenters. The number of carboxylic acid groups (broad SMARTS) is 1. The van der Waals surface area contributed by atoms with Crippen LogP contribution in [0.25, 0.3) is 11.0 Å². The van der Waals surface area contributed by atoms with Crippen molar-refractivity contribution in [3.05, 3.63) is 88.0 Å². The summed E-state index contributed by atoms with van der Waals surface area (Å²) in [7, 11) is 0. The van der Waals surface area contributed by atoms with Crippen molar-refractivity contribution in [1.29, 1.82) is 0 Å². The first kappa shape index (κ1) is 23.1. The molecule has 0 radical (unpaired) electrons. The van der Waals surface area contributed by atoms with Gasteiger partial charge in [-0.1, -0.05) is 42.5 Å². The van der Waals surface area contributed by atoms with Crippen molar-refractivity contribution in [2.45, 2.75) is 52.3 Å². The van der Waals surface area contributed by atoms with E-state index in [2.05, 4.69) is 58.4 Å². The lowest BCUT2D eigenvalue weighted by Gasteiger charge is -2.24. The van der Waals surface area contributed by atoms with Gasteiger partial charge in [-0.25, -0.2) is 0 Å². The van der Waals surface area contributed by atoms with Crippen LogP contribution in [-0.4, -0.2) is 44.0 Å². The molecule has 3 aromatic carbocycles. The standard InChI is InChI=1S/C28H30N4O3/c1-17-8-9-20(24(13-27(33)34)23-10-11-25-28(19(23)3)30-31-29-25)12-22(17)16-32-14-18(2)35-26-7-5-4-6-21(26)15-32/h4-12,18,24H,13-16H2,1-3H3,(H,33,34)(H,29,30,31)/t18-,24?/m0/s1. The summed E-state index contributed by atoms with van der Waals surface area (Å²) >= 11 is 0. The van der Waals surface area contributed by atoms with E-state index in [-0.39, 0.29) is 18.4 Å². The molecule has 7 nitrogen and oxygen atoms in total. The first-order valence-electron chi connectivity index (χ1n) is 12.0. The molecule has 0 amide bonds. The van der Waals surface area contributed by atoms with Crippen molar-refractivity contribution in [3.63, 3.8) is 0 Å². The van der Waals surface area contributed by atoms with Gasteiger partial charge in [0.15, 0.2) is 0 Å². The van der Waals surface area contributed by atoms with Gasteiger partial charge in [0.05, 0.1) is 6.42 Å². The summed E-state index contributed by atoms with van der Waals surface area (Å²) in [5.74, 6) is -0.153. The molecule has 0 saturated heterocycles. The Morgan fingerprint density at radius 2 is 2.00 bits per heavy atom. The highest BCUT2D eigenvalue weighted by atomic mass is 16.5. The summed E-state index contributed by atoms with van der Waals surface area (Å²) in [4.78, 5) is 14.3. The van der Waals surface area contributed by atoms with E-state index in [0.717, 1.165) is 53.1 Å². The Morgan fingerprint density at radius 3 is 2.83 bits per heavy atom. The Kier molecular flexibility index (Phi) is 6.26. The lowest BCUT2D eigenvalue weighted by molar-refractivity contribution is -0.137. The van der Waals surface area contributed by atoms with Gasteiger partial charge in [0, 0.05) is 31.1 Å². The molecule has 0 saturated carbocycles. The predicted molar refractivity (Wildman–Crippen MR) is 135 cm³/mol. The maximum absolute atomic E-state index is 11.9. The predicted octanol–water partition coefficient (Wildman–Crippen LogP) is 4.96. The molecule has 35 heavy (non-hydrogen) atoms. The van der Waals surface area contributed by atoms with E-state index >= 15 is 0 Å². The number of carboxylic acids is 1. The van der Waals surface area contributed by atoms with Crippen LogP contribution in [0.3, 0.4) is 0 Å². The lowest BCUT2D eigenvalue weighted by Crippen LogP contribution is -2.30. The number of aromatic amines is 1. The van der Waals surface area contributed by atoms with Crippen molar-refractivity contribution in [2.75, 3.05) is 6.54 Å². The molecule has 2 N–H and O–H groups in total. The van der Waals surface area contributed by atoms with Crippen molar-refractivity contribution in [2.24, 2.45) is 0 Å². The van der Waals surface area contributed by atoms with Gasteiger partial charge in [-0.3, -0.25) is 9.69 Å². The number of nitrogens with zero attached hydrogens (tertiary/aromatic N) is 3. The Balaban J connectivity index is 1.49. The number of carbonyl (C=O) groups is 1. The second-order valence-electron chi connectivity index (χ2n) is 9.51. The van der Waals surface area contributed by atoms with Crippen LogP contribution in [0.2, 0.25) is 0 Å². The second-order valence-corrected chi connectivity index (χ2v) is 9.51. The number of rotatable bonds is 6. The Morgan fingerprint density at radius 1 is 1.17 bits per heavy atom. The molecule has 0 bridgehead atoms. The zero-order valence-electron chi connectivity index (χ0n) is 20.3. The SMILES string of the molecule is Cc1ccc(C(CC(=O)O)c2ccc3n[nH]nc3c2C)cc1CN1Cc2ccccc2O[C@@H](C)C1. The van der Waals surface area contributed by atoms with Gasteiger partial charge in [-0.2, -0.15) is 15.4 Å². The normalized spacial score (nSPS) is 16.9. The summed E-state index contributed by atoms with van der Waals surface area (Å²) < 4.78 is 6.14. The number of hydrogen-bond donors (Lipinski definition) is 2. The summed E-state index contributed by atoms with van der Waals surface area (Å²) in [6.45, 7) is 8.60. The van der Waals surface area contributed by atoms with Gasteiger partial charge in [0.1, 0.15) is 22.9 Å². The number of para-hydroxylation sites is 1. The monoisotopic (exact) mass is 470 g/mol. The quantitative estimate of drug-likeness (QED) is 0.414. The van der Waals surface area contributed by atoms with Crippen molar-refractivity contribution in [1.82, 2.24) is 20.3 Å². The zero-order chi connectivity index (χ0) is 24.5. The van der Waals surface area contributed by atoms with Crippen LogP contribution in [0, 0.1) is 13.8 Å². The number of nitrogens with one attached hydrogen (secondary N) is 1. The maximum Gasteiger partial charge on any atom is 0.304 e. The third-order valence-corrected chi connectivity index (χ3v) is 6.92. The van der Waals surface area contributed by atoms with E-state index in [1.807, 2.05) is 37.3 Å². The van der Waals surface area contributed by atoms with E-state index < -0.39 is 5.97 Å². The molecule has 1 aromatic heterocycles. The van der Waals surface area contributed by atoms with Gasteiger partial charge < -0.3 is 9.84 Å². The highest BCUT2D eigenvalue weighted by Crippen LogP contribution is 2.34. The molecule has 0 fully saturated rings.